The van der Waals surface area contributed by atoms with Crippen molar-refractivity contribution in [3.63, 3.8) is 0 Å². The zero-order chi connectivity index (χ0) is 20.0. The Morgan fingerprint density at radius 3 is 1.62 bits per heavy atom. The third kappa shape index (κ3) is 8.48. The Morgan fingerprint density at radius 2 is 1.27 bits per heavy atom. The topological polar surface area (TPSA) is 61.8 Å². The minimum Gasteiger partial charge on any atom is -0.497 e. The fourth-order valence-electron chi connectivity index (χ4n) is 1.79. The summed E-state index contributed by atoms with van der Waals surface area (Å²) < 4.78 is 15.9. The summed E-state index contributed by atoms with van der Waals surface area (Å²) in [6.07, 6.45) is 2.22. The molecule has 1 rings (SSSR count). The summed E-state index contributed by atoms with van der Waals surface area (Å²) in [5.74, 6) is -0.570. The molecule has 0 heterocycles. The second-order valence-corrected chi connectivity index (χ2v) is 19.4. The quantitative estimate of drug-likeness (QED) is 0.220. The predicted octanol–water partition coefficient (Wildman–Crippen LogP) is 3.92. The van der Waals surface area contributed by atoms with Crippen LogP contribution in [-0.2, 0) is 19.1 Å². The average molecular weight is 395 g/mol. The van der Waals surface area contributed by atoms with E-state index in [0.717, 1.165) is 0 Å². The van der Waals surface area contributed by atoms with E-state index in [1.165, 1.54) is 6.08 Å². The predicted molar refractivity (Wildman–Crippen MR) is 110 cm³/mol. The Morgan fingerprint density at radius 1 is 0.846 bits per heavy atom. The van der Waals surface area contributed by atoms with Crippen LogP contribution in [0.15, 0.2) is 29.8 Å². The maximum atomic E-state index is 12.5. The molecular weight excluding hydrogens is 364 g/mol. The molecule has 0 atom stereocenters. The molecule has 0 fully saturated rings. The first-order valence-electron chi connectivity index (χ1n) is 8.61. The van der Waals surface area contributed by atoms with Crippen LogP contribution in [0.25, 0.3) is 6.08 Å². The molecule has 7 heteroatoms. The molecule has 0 amide bonds. The number of hydrogen-bond donors (Lipinski definition) is 0. The Balaban J connectivity index is 3.04. The van der Waals surface area contributed by atoms with Gasteiger partial charge in [0, 0.05) is 0 Å². The maximum Gasteiger partial charge on any atom is 0.345 e. The fraction of sp³-hybridized carbons (Fsp3) is 0.474. The van der Waals surface area contributed by atoms with Gasteiger partial charge in [-0.25, -0.2) is 9.59 Å². The minimum atomic E-state index is -1.59. The monoisotopic (exact) mass is 394 g/mol. The summed E-state index contributed by atoms with van der Waals surface area (Å²) in [6, 6.07) is 7.08. The molecule has 0 spiro atoms. The normalized spacial score (nSPS) is 11.5. The lowest BCUT2D eigenvalue weighted by Gasteiger charge is -2.18. The van der Waals surface area contributed by atoms with E-state index < -0.39 is 28.1 Å². The van der Waals surface area contributed by atoms with Crippen LogP contribution in [0.4, 0.5) is 0 Å². The van der Waals surface area contributed by atoms with Crippen molar-refractivity contribution in [2.24, 2.45) is 0 Å². The highest BCUT2D eigenvalue weighted by molar-refractivity contribution is 6.76. The lowest BCUT2D eigenvalue weighted by Crippen LogP contribution is -2.33. The van der Waals surface area contributed by atoms with Crippen molar-refractivity contribution < 1.29 is 23.8 Å². The molecule has 26 heavy (non-hydrogen) atoms. The van der Waals surface area contributed by atoms with Crippen LogP contribution in [0, 0.1) is 0 Å². The van der Waals surface area contributed by atoms with E-state index in [2.05, 4.69) is 39.3 Å². The summed E-state index contributed by atoms with van der Waals surface area (Å²) in [5.41, 5.74) is 0.627. The molecule has 0 aromatic heterocycles. The maximum absolute atomic E-state index is 12.5. The smallest absolute Gasteiger partial charge is 0.345 e. The van der Waals surface area contributed by atoms with Gasteiger partial charge >= 0.3 is 11.9 Å². The Kier molecular flexibility index (Phi) is 7.83. The number of carbonyl (C=O) groups is 2. The van der Waals surface area contributed by atoms with E-state index >= 15 is 0 Å². The van der Waals surface area contributed by atoms with Crippen LogP contribution in [0.3, 0.4) is 0 Å². The molecule has 0 radical (unpaired) electrons. The minimum absolute atomic E-state index is 0.0772. The van der Waals surface area contributed by atoms with Crippen molar-refractivity contribution >= 4 is 34.2 Å². The number of benzene rings is 1. The first kappa shape index (κ1) is 22.2. The van der Waals surface area contributed by atoms with Crippen molar-refractivity contribution in [1.82, 2.24) is 0 Å². The molecule has 1 aromatic carbocycles. The van der Waals surface area contributed by atoms with Crippen LogP contribution in [0.1, 0.15) is 5.56 Å². The van der Waals surface area contributed by atoms with Gasteiger partial charge in [0.25, 0.3) is 0 Å². The van der Waals surface area contributed by atoms with Gasteiger partial charge in [0.05, 0.1) is 35.7 Å². The number of esters is 2. The van der Waals surface area contributed by atoms with Gasteiger partial charge in [-0.15, -0.1) is 0 Å². The van der Waals surface area contributed by atoms with Gasteiger partial charge in [-0.2, -0.15) is 0 Å². The average Bonchev–Trinajstić information content (AvgIpc) is 2.54. The van der Waals surface area contributed by atoms with E-state index in [1.807, 2.05) is 0 Å². The molecule has 0 unspecified atom stereocenters. The van der Waals surface area contributed by atoms with Crippen molar-refractivity contribution in [3.05, 3.63) is 35.4 Å². The first-order valence-corrected chi connectivity index (χ1v) is 16.0. The lowest BCUT2D eigenvalue weighted by atomic mass is 10.1. The van der Waals surface area contributed by atoms with Crippen molar-refractivity contribution in [1.29, 1.82) is 0 Å². The molecular formula is C19H30O5Si2. The molecule has 0 bridgehead atoms. The zero-order valence-electron chi connectivity index (χ0n) is 16.8. The van der Waals surface area contributed by atoms with Crippen LogP contribution in [-0.4, -0.2) is 47.7 Å². The van der Waals surface area contributed by atoms with Crippen LogP contribution < -0.4 is 4.74 Å². The van der Waals surface area contributed by atoms with Crippen LogP contribution >= 0.6 is 0 Å². The lowest BCUT2D eigenvalue weighted by molar-refractivity contribution is -0.145. The number of rotatable bonds is 8. The highest BCUT2D eigenvalue weighted by atomic mass is 28.3. The van der Waals surface area contributed by atoms with E-state index in [9.17, 15) is 9.59 Å². The summed E-state index contributed by atoms with van der Waals surface area (Å²) in [5, 5.41) is 0. The van der Waals surface area contributed by atoms with Gasteiger partial charge in [0.2, 0.25) is 0 Å². The number of methoxy groups -OCH3 is 1. The number of hydrogen-bond acceptors (Lipinski definition) is 5. The van der Waals surface area contributed by atoms with Gasteiger partial charge in [0.15, 0.2) is 0 Å². The third-order valence-corrected chi connectivity index (χ3v) is 5.16. The highest BCUT2D eigenvalue weighted by Crippen LogP contribution is 2.16. The SMILES string of the molecule is COc1ccc(C=C(C(=O)OC[Si](C)(C)C)C(=O)OC[Si](C)(C)C)cc1. The molecule has 0 N–H and O–H groups in total. The van der Waals surface area contributed by atoms with Gasteiger partial charge < -0.3 is 14.2 Å². The van der Waals surface area contributed by atoms with Gasteiger partial charge in [0.1, 0.15) is 11.3 Å². The Hall–Kier alpha value is -1.87. The summed E-state index contributed by atoms with van der Waals surface area (Å²) in [6.45, 7) is 12.6. The molecule has 144 valence electrons. The summed E-state index contributed by atoms with van der Waals surface area (Å²) in [7, 11) is -1.59. The van der Waals surface area contributed by atoms with E-state index in [0.29, 0.717) is 23.8 Å². The molecule has 0 aliphatic rings. The molecule has 5 nitrogen and oxygen atoms in total. The van der Waals surface area contributed by atoms with Crippen molar-refractivity contribution in [2.45, 2.75) is 39.3 Å². The standard InChI is InChI=1S/C19H30O5Si2/c1-22-16-10-8-15(9-11-16)12-17(18(20)23-13-25(2,3)4)19(21)24-14-26(5,6)7/h8-12H,13-14H2,1-7H3. The Labute approximate surface area is 158 Å². The van der Waals surface area contributed by atoms with Crippen LogP contribution in [0.2, 0.25) is 39.3 Å². The molecule has 0 saturated heterocycles. The third-order valence-electron chi connectivity index (χ3n) is 3.14. The first-order chi connectivity index (χ1) is 11.9. The molecule has 0 saturated carbocycles. The van der Waals surface area contributed by atoms with E-state index in [1.54, 1.807) is 31.4 Å². The number of carbonyl (C=O) groups excluding carboxylic acids is 2. The zero-order valence-corrected chi connectivity index (χ0v) is 18.8. The second kappa shape index (κ2) is 9.18. The van der Waals surface area contributed by atoms with Gasteiger partial charge in [-0.3, -0.25) is 0 Å². The highest BCUT2D eigenvalue weighted by Gasteiger charge is 2.26. The fourth-order valence-corrected chi connectivity index (χ4v) is 2.92. The Bertz CT molecular complexity index is 620. The second-order valence-electron chi connectivity index (χ2n) is 8.60. The largest absolute Gasteiger partial charge is 0.497 e. The van der Waals surface area contributed by atoms with Crippen molar-refractivity contribution in [2.75, 3.05) is 19.6 Å². The van der Waals surface area contributed by atoms with E-state index in [4.69, 9.17) is 14.2 Å². The number of ether oxygens (including phenoxy) is 3. The van der Waals surface area contributed by atoms with Gasteiger partial charge in [-0.1, -0.05) is 51.4 Å². The van der Waals surface area contributed by atoms with Gasteiger partial charge in [-0.05, 0) is 23.8 Å². The van der Waals surface area contributed by atoms with E-state index in [-0.39, 0.29) is 5.57 Å². The van der Waals surface area contributed by atoms with Crippen molar-refractivity contribution in [3.8, 4) is 5.75 Å². The molecule has 0 aliphatic carbocycles. The molecule has 1 aromatic rings. The van der Waals surface area contributed by atoms with Crippen LogP contribution in [0.5, 0.6) is 5.75 Å². The molecule has 0 aliphatic heterocycles. The summed E-state index contributed by atoms with van der Waals surface area (Å²) >= 11 is 0. The summed E-state index contributed by atoms with van der Waals surface area (Å²) in [4.78, 5) is 25.0.